The predicted octanol–water partition coefficient (Wildman–Crippen LogP) is 5.65. The summed E-state index contributed by atoms with van der Waals surface area (Å²) in [7, 11) is 0. The Morgan fingerprint density at radius 1 is 0.700 bits per heavy atom. The molecule has 0 aliphatic rings. The molecule has 0 bridgehead atoms. The first-order chi connectivity index (χ1) is 14.8. The van der Waals surface area contributed by atoms with Gasteiger partial charge in [-0.05, 0) is 28.8 Å². The van der Waals surface area contributed by atoms with E-state index < -0.39 is 0 Å². The molecule has 0 unspecified atom stereocenters. The lowest BCUT2D eigenvalue weighted by Crippen LogP contribution is -2.23. The maximum atomic E-state index is 13.3. The van der Waals surface area contributed by atoms with Crippen molar-refractivity contribution in [2.24, 2.45) is 0 Å². The van der Waals surface area contributed by atoms with Crippen LogP contribution in [0.5, 0.6) is 5.75 Å². The number of hydrogen-bond acceptors (Lipinski definition) is 2. The van der Waals surface area contributed by atoms with Crippen LogP contribution in [0.2, 0.25) is 0 Å². The monoisotopic (exact) mass is 393 g/mol. The fourth-order valence-corrected chi connectivity index (χ4v) is 3.24. The van der Waals surface area contributed by atoms with Crippen LogP contribution in [0.1, 0.15) is 22.3 Å². The summed E-state index contributed by atoms with van der Waals surface area (Å²) < 4.78 is 7.75. The lowest BCUT2D eigenvalue weighted by molar-refractivity contribution is 0.304. The Morgan fingerprint density at radius 2 is 1.30 bits per heavy atom. The number of ether oxygens (including phenoxy) is 1. The van der Waals surface area contributed by atoms with Crippen LogP contribution in [-0.2, 0) is 13.2 Å². The summed E-state index contributed by atoms with van der Waals surface area (Å²) >= 11 is 0. The minimum atomic E-state index is -0.0726. The van der Waals surface area contributed by atoms with Crippen molar-refractivity contribution in [1.82, 2.24) is 4.57 Å². The third-order valence-electron chi connectivity index (χ3n) is 4.84. The summed E-state index contributed by atoms with van der Waals surface area (Å²) in [4.78, 5) is 13.3. The molecule has 1 aromatic heterocycles. The number of hydrogen-bond donors (Lipinski definition) is 0. The van der Waals surface area contributed by atoms with Crippen molar-refractivity contribution in [2.45, 2.75) is 13.2 Å². The average molecular weight is 393 g/mol. The van der Waals surface area contributed by atoms with Gasteiger partial charge in [0.05, 0.1) is 12.1 Å². The van der Waals surface area contributed by atoms with Crippen molar-refractivity contribution in [3.05, 3.63) is 136 Å². The van der Waals surface area contributed by atoms with Crippen molar-refractivity contribution >= 4 is 12.2 Å². The Kier molecular flexibility index (Phi) is 6.21. The molecule has 3 nitrogen and oxygen atoms in total. The average Bonchev–Trinajstić information content (AvgIpc) is 2.81. The van der Waals surface area contributed by atoms with Gasteiger partial charge in [-0.25, -0.2) is 0 Å². The Balaban J connectivity index is 1.66. The fraction of sp³-hybridized carbons (Fsp3) is 0.0741. The molecule has 4 rings (SSSR count). The van der Waals surface area contributed by atoms with E-state index in [1.807, 2.05) is 109 Å². The normalized spacial score (nSPS) is 10.9. The molecule has 0 atom stereocenters. The molecule has 4 aromatic rings. The van der Waals surface area contributed by atoms with E-state index in [4.69, 9.17) is 4.74 Å². The highest BCUT2D eigenvalue weighted by atomic mass is 16.5. The number of aromatic nitrogens is 1. The number of benzene rings is 3. The molecular weight excluding hydrogens is 370 g/mol. The Hall–Kier alpha value is -3.85. The van der Waals surface area contributed by atoms with E-state index in [-0.39, 0.29) is 5.56 Å². The van der Waals surface area contributed by atoms with Gasteiger partial charge in [0.1, 0.15) is 12.4 Å². The van der Waals surface area contributed by atoms with Crippen LogP contribution >= 0.6 is 0 Å². The zero-order chi connectivity index (χ0) is 20.6. The first-order valence-corrected chi connectivity index (χ1v) is 9.97. The smallest absolute Gasteiger partial charge is 0.261 e. The van der Waals surface area contributed by atoms with Crippen LogP contribution in [0.15, 0.2) is 108 Å². The van der Waals surface area contributed by atoms with Gasteiger partial charge in [0.15, 0.2) is 0 Å². The van der Waals surface area contributed by atoms with E-state index in [9.17, 15) is 4.79 Å². The highest BCUT2D eigenvalue weighted by molar-refractivity contribution is 5.72. The van der Waals surface area contributed by atoms with Gasteiger partial charge < -0.3 is 9.30 Å². The zero-order valence-corrected chi connectivity index (χ0v) is 16.6. The molecule has 1 heterocycles. The van der Waals surface area contributed by atoms with Gasteiger partial charge in [-0.3, -0.25) is 4.79 Å². The van der Waals surface area contributed by atoms with E-state index in [0.717, 1.165) is 16.7 Å². The minimum absolute atomic E-state index is 0.0726. The van der Waals surface area contributed by atoms with Crippen LogP contribution in [0.3, 0.4) is 0 Å². The first-order valence-electron chi connectivity index (χ1n) is 9.97. The van der Waals surface area contributed by atoms with Gasteiger partial charge in [0.2, 0.25) is 0 Å². The molecule has 0 N–H and O–H groups in total. The van der Waals surface area contributed by atoms with Crippen molar-refractivity contribution < 1.29 is 4.74 Å². The van der Waals surface area contributed by atoms with Crippen molar-refractivity contribution in [3.63, 3.8) is 0 Å². The Labute approximate surface area is 176 Å². The Bertz CT molecular complexity index is 1160. The maximum Gasteiger partial charge on any atom is 0.261 e. The second-order valence-corrected chi connectivity index (χ2v) is 7.03. The summed E-state index contributed by atoms with van der Waals surface area (Å²) in [6, 6.07) is 31.7. The molecular formula is C27H23NO2. The molecule has 0 spiro atoms. The Morgan fingerprint density at radius 3 is 1.97 bits per heavy atom. The molecule has 3 aromatic carbocycles. The summed E-state index contributed by atoms with van der Waals surface area (Å²) in [5, 5.41) is 0. The van der Waals surface area contributed by atoms with Crippen molar-refractivity contribution in [1.29, 1.82) is 0 Å². The fourth-order valence-electron chi connectivity index (χ4n) is 3.24. The molecule has 0 saturated heterocycles. The SMILES string of the molecule is O=c1c(/C=C/c2ccccc2)c(OCc2ccccc2)ccn1Cc1ccccc1. The van der Waals surface area contributed by atoms with E-state index in [2.05, 4.69) is 0 Å². The van der Waals surface area contributed by atoms with Crippen LogP contribution in [0.4, 0.5) is 0 Å². The molecule has 0 radical (unpaired) electrons. The molecule has 0 aliphatic carbocycles. The summed E-state index contributed by atoms with van der Waals surface area (Å²) in [5.41, 5.74) is 3.65. The number of nitrogens with zero attached hydrogens (tertiary/aromatic N) is 1. The van der Waals surface area contributed by atoms with Crippen LogP contribution in [0.25, 0.3) is 12.2 Å². The van der Waals surface area contributed by atoms with Gasteiger partial charge in [0.25, 0.3) is 5.56 Å². The van der Waals surface area contributed by atoms with Crippen molar-refractivity contribution in [3.8, 4) is 5.75 Å². The zero-order valence-electron chi connectivity index (χ0n) is 16.6. The van der Waals surface area contributed by atoms with E-state index in [1.165, 1.54) is 0 Å². The van der Waals surface area contributed by atoms with Crippen LogP contribution in [0, 0.1) is 0 Å². The lowest BCUT2D eigenvalue weighted by atomic mass is 10.1. The summed E-state index contributed by atoms with van der Waals surface area (Å²) in [6.07, 6.45) is 5.59. The lowest BCUT2D eigenvalue weighted by Gasteiger charge is -2.13. The van der Waals surface area contributed by atoms with E-state index >= 15 is 0 Å². The van der Waals surface area contributed by atoms with Gasteiger partial charge >= 0.3 is 0 Å². The quantitative estimate of drug-likeness (QED) is 0.406. The van der Waals surface area contributed by atoms with Gasteiger partial charge in [-0.15, -0.1) is 0 Å². The maximum absolute atomic E-state index is 13.3. The predicted molar refractivity (Wildman–Crippen MR) is 122 cm³/mol. The highest BCUT2D eigenvalue weighted by Gasteiger charge is 2.10. The second kappa shape index (κ2) is 9.57. The van der Waals surface area contributed by atoms with E-state index in [1.54, 1.807) is 10.8 Å². The molecule has 30 heavy (non-hydrogen) atoms. The highest BCUT2D eigenvalue weighted by Crippen LogP contribution is 2.19. The third-order valence-corrected chi connectivity index (χ3v) is 4.84. The number of pyridine rings is 1. The summed E-state index contributed by atoms with van der Waals surface area (Å²) in [5.74, 6) is 0.584. The molecule has 0 aliphatic heterocycles. The first kappa shape index (κ1) is 19.5. The van der Waals surface area contributed by atoms with Crippen LogP contribution in [-0.4, -0.2) is 4.57 Å². The standard InChI is InChI=1S/C27H23NO2/c29-27-25(17-16-22-10-4-1-5-11-22)26(30-21-24-14-8-3-9-15-24)18-19-28(27)20-23-12-6-2-7-13-23/h1-19H,20-21H2/b17-16+. The molecule has 0 fully saturated rings. The molecule has 3 heteroatoms. The van der Waals surface area contributed by atoms with Crippen LogP contribution < -0.4 is 10.3 Å². The largest absolute Gasteiger partial charge is 0.488 e. The minimum Gasteiger partial charge on any atom is -0.488 e. The third kappa shape index (κ3) is 4.95. The number of rotatable bonds is 7. The molecule has 148 valence electrons. The van der Waals surface area contributed by atoms with Gasteiger partial charge in [0, 0.05) is 6.20 Å². The van der Waals surface area contributed by atoms with Crippen molar-refractivity contribution in [2.75, 3.05) is 0 Å². The molecule has 0 amide bonds. The summed E-state index contributed by atoms with van der Waals surface area (Å²) in [6.45, 7) is 0.931. The second-order valence-electron chi connectivity index (χ2n) is 7.03. The van der Waals surface area contributed by atoms with Gasteiger partial charge in [-0.1, -0.05) is 97.1 Å². The van der Waals surface area contributed by atoms with Gasteiger partial charge in [-0.2, -0.15) is 0 Å². The molecule has 0 saturated carbocycles. The van der Waals surface area contributed by atoms with E-state index in [0.29, 0.717) is 24.5 Å². The topological polar surface area (TPSA) is 31.2 Å².